The summed E-state index contributed by atoms with van der Waals surface area (Å²) in [7, 11) is -3.24. The second-order valence-corrected chi connectivity index (χ2v) is 6.81. The number of aromatic nitrogens is 3. The highest BCUT2D eigenvalue weighted by Crippen LogP contribution is 2.27. The van der Waals surface area contributed by atoms with E-state index < -0.39 is 9.84 Å². The molecule has 0 saturated carbocycles. The Kier molecular flexibility index (Phi) is 2.99. The third-order valence-corrected chi connectivity index (χ3v) is 4.32. The van der Waals surface area contributed by atoms with Crippen molar-refractivity contribution in [1.82, 2.24) is 15.0 Å². The van der Waals surface area contributed by atoms with Gasteiger partial charge >= 0.3 is 0 Å². The highest BCUT2D eigenvalue weighted by molar-refractivity contribution is 7.90. The Morgan fingerprint density at radius 3 is 2.75 bits per heavy atom. The Morgan fingerprint density at radius 2 is 2.05 bits per heavy atom. The van der Waals surface area contributed by atoms with Crippen LogP contribution in [0.25, 0.3) is 22.4 Å². The fraction of sp³-hybridized carbons (Fsp3) is 0.0769. The molecule has 0 unspecified atom stereocenters. The standard InChI is InChI=1S/C13H10ClN3O2S/c1-20(18,19)8-2-3-11-12(6-8)17-13(16-11)9-4-5-15-7-10(9)14/h2-7H,1H3,(H,16,17). The van der Waals surface area contributed by atoms with Crippen molar-refractivity contribution >= 4 is 32.5 Å². The molecule has 0 radical (unpaired) electrons. The highest BCUT2D eigenvalue weighted by atomic mass is 35.5. The minimum absolute atomic E-state index is 0.251. The van der Waals surface area contributed by atoms with E-state index in [4.69, 9.17) is 11.6 Å². The second kappa shape index (κ2) is 4.57. The summed E-state index contributed by atoms with van der Waals surface area (Å²) in [4.78, 5) is 11.7. The summed E-state index contributed by atoms with van der Waals surface area (Å²) in [5.41, 5.74) is 2.05. The summed E-state index contributed by atoms with van der Waals surface area (Å²) in [5.74, 6) is 0.582. The molecular formula is C13H10ClN3O2S. The van der Waals surface area contributed by atoms with Gasteiger partial charge in [0.25, 0.3) is 0 Å². The number of rotatable bonds is 2. The Morgan fingerprint density at radius 1 is 1.25 bits per heavy atom. The lowest BCUT2D eigenvalue weighted by atomic mass is 10.2. The minimum Gasteiger partial charge on any atom is -0.338 e. The number of benzene rings is 1. The highest BCUT2D eigenvalue weighted by Gasteiger charge is 2.12. The van der Waals surface area contributed by atoms with E-state index in [0.717, 1.165) is 5.56 Å². The molecule has 0 spiro atoms. The van der Waals surface area contributed by atoms with E-state index in [9.17, 15) is 8.42 Å². The Balaban J connectivity index is 2.19. The molecule has 1 aromatic carbocycles. The quantitative estimate of drug-likeness (QED) is 0.789. The average molecular weight is 308 g/mol. The van der Waals surface area contributed by atoms with Crippen molar-refractivity contribution in [3.05, 3.63) is 41.7 Å². The first-order valence-electron chi connectivity index (χ1n) is 5.75. The first-order chi connectivity index (χ1) is 9.45. The van der Waals surface area contributed by atoms with Crippen LogP contribution in [0, 0.1) is 0 Å². The lowest BCUT2D eigenvalue weighted by Gasteiger charge is -1.98. The average Bonchev–Trinajstić information content (AvgIpc) is 2.80. The van der Waals surface area contributed by atoms with Gasteiger partial charge in [-0.25, -0.2) is 13.4 Å². The maximum atomic E-state index is 11.5. The first kappa shape index (κ1) is 13.1. The van der Waals surface area contributed by atoms with Crippen molar-refractivity contribution in [2.45, 2.75) is 4.90 Å². The normalized spacial score (nSPS) is 11.9. The zero-order chi connectivity index (χ0) is 14.3. The van der Waals surface area contributed by atoms with Gasteiger partial charge in [0.1, 0.15) is 5.82 Å². The van der Waals surface area contributed by atoms with Crippen LogP contribution >= 0.6 is 11.6 Å². The van der Waals surface area contributed by atoms with E-state index in [1.807, 2.05) is 0 Å². The zero-order valence-electron chi connectivity index (χ0n) is 10.5. The molecular weight excluding hydrogens is 298 g/mol. The van der Waals surface area contributed by atoms with Crippen LogP contribution in [0.2, 0.25) is 5.02 Å². The van der Waals surface area contributed by atoms with Gasteiger partial charge in [-0.3, -0.25) is 4.98 Å². The lowest BCUT2D eigenvalue weighted by Crippen LogP contribution is -1.96. The van der Waals surface area contributed by atoms with Crippen LogP contribution in [-0.4, -0.2) is 29.6 Å². The molecule has 2 heterocycles. The molecule has 0 atom stereocenters. The number of nitrogens with one attached hydrogen (secondary N) is 1. The van der Waals surface area contributed by atoms with Gasteiger partial charge in [-0.05, 0) is 24.3 Å². The molecule has 5 nitrogen and oxygen atoms in total. The molecule has 3 aromatic rings. The number of imidazole rings is 1. The number of sulfone groups is 1. The molecule has 1 N–H and O–H groups in total. The molecule has 0 aliphatic rings. The Bertz CT molecular complexity index is 903. The molecule has 0 aliphatic heterocycles. The predicted octanol–water partition coefficient (Wildman–Crippen LogP) is 2.68. The number of H-pyrrole nitrogens is 1. The van der Waals surface area contributed by atoms with Crippen LogP contribution < -0.4 is 0 Å². The number of hydrogen-bond acceptors (Lipinski definition) is 4. The van der Waals surface area contributed by atoms with Crippen molar-refractivity contribution in [3.8, 4) is 11.4 Å². The summed E-state index contributed by atoms with van der Waals surface area (Å²) in [6, 6.07) is 6.52. The Hall–Kier alpha value is -1.92. The van der Waals surface area contributed by atoms with E-state index in [1.54, 1.807) is 24.4 Å². The molecule has 7 heteroatoms. The van der Waals surface area contributed by atoms with E-state index in [2.05, 4.69) is 15.0 Å². The monoisotopic (exact) mass is 307 g/mol. The van der Waals surface area contributed by atoms with E-state index >= 15 is 0 Å². The second-order valence-electron chi connectivity index (χ2n) is 4.39. The molecule has 3 rings (SSSR count). The van der Waals surface area contributed by atoms with Crippen LogP contribution in [0.1, 0.15) is 0 Å². The maximum absolute atomic E-state index is 11.5. The number of nitrogens with zero attached hydrogens (tertiary/aromatic N) is 2. The topological polar surface area (TPSA) is 75.7 Å². The SMILES string of the molecule is CS(=O)(=O)c1ccc2nc(-c3ccncc3Cl)[nH]c2c1. The van der Waals surface area contributed by atoms with Crippen molar-refractivity contribution in [1.29, 1.82) is 0 Å². The Labute approximate surface area is 120 Å². The van der Waals surface area contributed by atoms with E-state index in [1.165, 1.54) is 18.5 Å². The van der Waals surface area contributed by atoms with Gasteiger partial charge < -0.3 is 4.98 Å². The number of pyridine rings is 1. The molecule has 2 aromatic heterocycles. The molecule has 102 valence electrons. The fourth-order valence-electron chi connectivity index (χ4n) is 1.91. The minimum atomic E-state index is -3.24. The third-order valence-electron chi connectivity index (χ3n) is 2.91. The van der Waals surface area contributed by atoms with Crippen molar-refractivity contribution in [3.63, 3.8) is 0 Å². The van der Waals surface area contributed by atoms with E-state index in [-0.39, 0.29) is 4.90 Å². The van der Waals surface area contributed by atoms with Crippen LogP contribution in [0.5, 0.6) is 0 Å². The summed E-state index contributed by atoms with van der Waals surface area (Å²) >= 11 is 6.07. The van der Waals surface area contributed by atoms with Crippen LogP contribution in [0.15, 0.2) is 41.6 Å². The van der Waals surface area contributed by atoms with Crippen molar-refractivity contribution < 1.29 is 8.42 Å². The van der Waals surface area contributed by atoms with Gasteiger partial charge in [0.05, 0.1) is 21.0 Å². The van der Waals surface area contributed by atoms with Crippen molar-refractivity contribution in [2.24, 2.45) is 0 Å². The fourth-order valence-corrected chi connectivity index (χ4v) is 2.77. The number of hydrogen-bond donors (Lipinski definition) is 1. The van der Waals surface area contributed by atoms with Gasteiger partial charge in [-0.1, -0.05) is 11.6 Å². The maximum Gasteiger partial charge on any atom is 0.175 e. The van der Waals surface area contributed by atoms with Gasteiger partial charge in [0.2, 0.25) is 0 Å². The predicted molar refractivity (Wildman–Crippen MR) is 77.4 cm³/mol. The van der Waals surface area contributed by atoms with Crippen LogP contribution in [-0.2, 0) is 9.84 Å². The van der Waals surface area contributed by atoms with Gasteiger partial charge in [-0.2, -0.15) is 0 Å². The van der Waals surface area contributed by atoms with Crippen LogP contribution in [0.3, 0.4) is 0 Å². The van der Waals surface area contributed by atoms with Gasteiger partial charge in [-0.15, -0.1) is 0 Å². The molecule has 0 bridgehead atoms. The summed E-state index contributed by atoms with van der Waals surface area (Å²) < 4.78 is 23.1. The summed E-state index contributed by atoms with van der Waals surface area (Å²) in [6.07, 6.45) is 4.33. The number of aromatic amines is 1. The molecule has 0 amide bonds. The van der Waals surface area contributed by atoms with Crippen molar-refractivity contribution in [2.75, 3.05) is 6.26 Å². The van der Waals surface area contributed by atoms with Gasteiger partial charge in [0.15, 0.2) is 9.84 Å². The molecule has 20 heavy (non-hydrogen) atoms. The van der Waals surface area contributed by atoms with E-state index in [0.29, 0.717) is 21.9 Å². The third kappa shape index (κ3) is 2.28. The molecule has 0 aliphatic carbocycles. The number of fused-ring (bicyclic) bond motifs is 1. The first-order valence-corrected chi connectivity index (χ1v) is 8.02. The molecule has 0 saturated heterocycles. The summed E-state index contributed by atoms with van der Waals surface area (Å²) in [5, 5.41) is 0.481. The number of halogens is 1. The van der Waals surface area contributed by atoms with Crippen LogP contribution in [0.4, 0.5) is 0 Å². The summed E-state index contributed by atoms with van der Waals surface area (Å²) in [6.45, 7) is 0. The van der Waals surface area contributed by atoms with Gasteiger partial charge in [0, 0.05) is 24.2 Å². The smallest absolute Gasteiger partial charge is 0.175 e. The zero-order valence-corrected chi connectivity index (χ0v) is 12.0. The largest absolute Gasteiger partial charge is 0.338 e. The molecule has 0 fully saturated rings. The lowest BCUT2D eigenvalue weighted by molar-refractivity contribution is 0.602.